The zero-order valence-corrected chi connectivity index (χ0v) is 13.1. The van der Waals surface area contributed by atoms with Crippen LogP contribution in [0.15, 0.2) is 54.6 Å². The van der Waals surface area contributed by atoms with Gasteiger partial charge in [0.05, 0.1) is 7.11 Å². The summed E-state index contributed by atoms with van der Waals surface area (Å²) < 4.78 is 10.8. The molecule has 0 bridgehead atoms. The van der Waals surface area contributed by atoms with Crippen molar-refractivity contribution < 1.29 is 14.3 Å². The van der Waals surface area contributed by atoms with Crippen LogP contribution in [-0.2, 0) is 16.0 Å². The monoisotopic (exact) mass is 298 g/mol. The molecule has 0 N–H and O–H groups in total. The van der Waals surface area contributed by atoms with Gasteiger partial charge in [0.15, 0.2) is 0 Å². The van der Waals surface area contributed by atoms with E-state index < -0.39 is 0 Å². The van der Waals surface area contributed by atoms with Crippen LogP contribution in [0.5, 0.6) is 5.75 Å². The molecule has 116 valence electrons. The summed E-state index contributed by atoms with van der Waals surface area (Å²) in [5.74, 6) is 0.674. The van der Waals surface area contributed by atoms with Gasteiger partial charge in [0, 0.05) is 12.8 Å². The zero-order chi connectivity index (χ0) is 15.8. The SMILES string of the molecule is CCCC(=O)O[C@@H](Cc1ccc(OC)cc1)c1ccccc1. The third-order valence-corrected chi connectivity index (χ3v) is 3.48. The number of hydrogen-bond donors (Lipinski definition) is 0. The van der Waals surface area contributed by atoms with Crippen molar-refractivity contribution in [1.82, 2.24) is 0 Å². The second kappa shape index (κ2) is 8.23. The van der Waals surface area contributed by atoms with Crippen molar-refractivity contribution in [2.24, 2.45) is 0 Å². The van der Waals surface area contributed by atoms with Gasteiger partial charge in [0.2, 0.25) is 0 Å². The molecule has 0 amide bonds. The van der Waals surface area contributed by atoms with Crippen molar-refractivity contribution in [3.8, 4) is 5.75 Å². The Balaban J connectivity index is 2.14. The zero-order valence-electron chi connectivity index (χ0n) is 13.1. The summed E-state index contributed by atoms with van der Waals surface area (Å²) in [6, 6.07) is 17.7. The molecule has 0 aliphatic carbocycles. The normalized spacial score (nSPS) is 11.7. The number of carbonyl (C=O) groups is 1. The Morgan fingerprint density at radius 3 is 2.32 bits per heavy atom. The maximum atomic E-state index is 11.9. The van der Waals surface area contributed by atoms with Gasteiger partial charge in [0.1, 0.15) is 11.9 Å². The van der Waals surface area contributed by atoms with Crippen LogP contribution in [0.4, 0.5) is 0 Å². The van der Waals surface area contributed by atoms with E-state index in [2.05, 4.69) is 0 Å². The van der Waals surface area contributed by atoms with Gasteiger partial charge in [-0.05, 0) is 29.7 Å². The summed E-state index contributed by atoms with van der Waals surface area (Å²) in [4.78, 5) is 11.9. The number of ether oxygens (including phenoxy) is 2. The molecular formula is C19H22O3. The van der Waals surface area contributed by atoms with Crippen molar-refractivity contribution in [2.75, 3.05) is 7.11 Å². The molecule has 2 aromatic rings. The largest absolute Gasteiger partial charge is 0.497 e. The van der Waals surface area contributed by atoms with E-state index >= 15 is 0 Å². The molecule has 0 radical (unpaired) electrons. The molecule has 3 nitrogen and oxygen atoms in total. The van der Waals surface area contributed by atoms with Gasteiger partial charge in [-0.3, -0.25) is 4.79 Å². The molecule has 3 heteroatoms. The maximum Gasteiger partial charge on any atom is 0.306 e. The lowest BCUT2D eigenvalue weighted by Gasteiger charge is -2.18. The van der Waals surface area contributed by atoms with Gasteiger partial charge in [-0.15, -0.1) is 0 Å². The van der Waals surface area contributed by atoms with Gasteiger partial charge < -0.3 is 9.47 Å². The average molecular weight is 298 g/mol. The molecule has 0 heterocycles. The van der Waals surface area contributed by atoms with E-state index in [1.165, 1.54) is 0 Å². The summed E-state index contributed by atoms with van der Waals surface area (Å²) in [7, 11) is 1.65. The quantitative estimate of drug-likeness (QED) is 0.714. The van der Waals surface area contributed by atoms with E-state index in [1.807, 2.05) is 61.5 Å². The Morgan fingerprint density at radius 2 is 1.73 bits per heavy atom. The molecule has 2 rings (SSSR count). The van der Waals surface area contributed by atoms with Crippen LogP contribution in [0.2, 0.25) is 0 Å². The van der Waals surface area contributed by atoms with Crippen molar-refractivity contribution in [3.05, 3.63) is 65.7 Å². The first-order valence-electron chi connectivity index (χ1n) is 7.60. The molecule has 0 spiro atoms. The van der Waals surface area contributed by atoms with Gasteiger partial charge in [-0.25, -0.2) is 0 Å². The maximum absolute atomic E-state index is 11.9. The molecule has 22 heavy (non-hydrogen) atoms. The van der Waals surface area contributed by atoms with Gasteiger partial charge in [-0.2, -0.15) is 0 Å². The fourth-order valence-electron chi connectivity index (χ4n) is 2.29. The van der Waals surface area contributed by atoms with Crippen LogP contribution in [0.3, 0.4) is 0 Å². The Morgan fingerprint density at radius 1 is 1.05 bits per heavy atom. The Labute approximate surface area is 131 Å². The average Bonchev–Trinajstić information content (AvgIpc) is 2.56. The third-order valence-electron chi connectivity index (χ3n) is 3.48. The summed E-state index contributed by atoms with van der Waals surface area (Å²) in [5.41, 5.74) is 2.13. The predicted molar refractivity (Wildman–Crippen MR) is 86.9 cm³/mol. The van der Waals surface area contributed by atoms with Crippen molar-refractivity contribution in [3.63, 3.8) is 0 Å². The second-order valence-corrected chi connectivity index (χ2v) is 5.19. The molecule has 0 fully saturated rings. The highest BCUT2D eigenvalue weighted by Gasteiger charge is 2.17. The van der Waals surface area contributed by atoms with Crippen LogP contribution in [0.25, 0.3) is 0 Å². The summed E-state index contributed by atoms with van der Waals surface area (Å²) in [6.07, 6.45) is 1.65. The first-order valence-corrected chi connectivity index (χ1v) is 7.60. The van der Waals surface area contributed by atoms with E-state index in [-0.39, 0.29) is 12.1 Å². The minimum Gasteiger partial charge on any atom is -0.497 e. The Hall–Kier alpha value is -2.29. The lowest BCUT2D eigenvalue weighted by atomic mass is 10.0. The van der Waals surface area contributed by atoms with Gasteiger partial charge in [-0.1, -0.05) is 49.4 Å². The van der Waals surface area contributed by atoms with Gasteiger partial charge in [0.25, 0.3) is 0 Å². The molecule has 0 aromatic heterocycles. The highest BCUT2D eigenvalue weighted by atomic mass is 16.5. The minimum atomic E-state index is -0.256. The third kappa shape index (κ3) is 4.62. The van der Waals surface area contributed by atoms with Crippen LogP contribution >= 0.6 is 0 Å². The fraction of sp³-hybridized carbons (Fsp3) is 0.316. The Bertz CT molecular complexity index is 575. The van der Waals surface area contributed by atoms with E-state index in [9.17, 15) is 4.79 Å². The molecule has 0 aliphatic rings. The van der Waals surface area contributed by atoms with Crippen LogP contribution in [0, 0.1) is 0 Å². The number of carbonyl (C=O) groups excluding carboxylic acids is 1. The van der Waals surface area contributed by atoms with Crippen molar-refractivity contribution in [2.45, 2.75) is 32.3 Å². The highest BCUT2D eigenvalue weighted by molar-refractivity contribution is 5.69. The molecule has 0 aliphatic heterocycles. The fourth-order valence-corrected chi connectivity index (χ4v) is 2.29. The molecule has 0 saturated carbocycles. The summed E-state index contributed by atoms with van der Waals surface area (Å²) >= 11 is 0. The Kier molecular flexibility index (Phi) is 6.01. The van der Waals surface area contributed by atoms with Crippen LogP contribution < -0.4 is 4.74 Å². The molecular weight excluding hydrogens is 276 g/mol. The lowest BCUT2D eigenvalue weighted by molar-refractivity contribution is -0.149. The minimum absolute atomic E-state index is 0.148. The number of rotatable bonds is 7. The van der Waals surface area contributed by atoms with E-state index in [0.29, 0.717) is 12.8 Å². The highest BCUT2D eigenvalue weighted by Crippen LogP contribution is 2.24. The van der Waals surface area contributed by atoms with E-state index in [4.69, 9.17) is 9.47 Å². The standard InChI is InChI=1S/C19H22O3/c1-3-7-19(20)22-18(16-8-5-4-6-9-16)14-15-10-12-17(21-2)13-11-15/h4-6,8-13,18H,3,7,14H2,1-2H3/t18-/m0/s1. The lowest BCUT2D eigenvalue weighted by Crippen LogP contribution is -2.13. The first kappa shape index (κ1) is 16.1. The van der Waals surface area contributed by atoms with E-state index in [0.717, 1.165) is 23.3 Å². The van der Waals surface area contributed by atoms with Crippen molar-refractivity contribution >= 4 is 5.97 Å². The first-order chi connectivity index (χ1) is 10.7. The molecule has 0 unspecified atom stereocenters. The van der Waals surface area contributed by atoms with Crippen LogP contribution in [0.1, 0.15) is 37.0 Å². The summed E-state index contributed by atoms with van der Waals surface area (Å²) in [6.45, 7) is 1.97. The topological polar surface area (TPSA) is 35.5 Å². The number of methoxy groups -OCH3 is 1. The number of esters is 1. The summed E-state index contributed by atoms with van der Waals surface area (Å²) in [5, 5.41) is 0. The van der Waals surface area contributed by atoms with Crippen LogP contribution in [-0.4, -0.2) is 13.1 Å². The molecule has 1 atom stereocenters. The molecule has 2 aromatic carbocycles. The number of hydrogen-bond acceptors (Lipinski definition) is 3. The predicted octanol–water partition coefficient (Wildman–Crippen LogP) is 4.32. The van der Waals surface area contributed by atoms with E-state index in [1.54, 1.807) is 7.11 Å². The molecule has 0 saturated heterocycles. The number of benzene rings is 2. The van der Waals surface area contributed by atoms with Gasteiger partial charge >= 0.3 is 5.97 Å². The second-order valence-electron chi connectivity index (χ2n) is 5.19. The smallest absolute Gasteiger partial charge is 0.306 e. The van der Waals surface area contributed by atoms with Crippen molar-refractivity contribution in [1.29, 1.82) is 0 Å².